The smallest absolute Gasteiger partial charge is 0.271 e. The average Bonchev–Trinajstić information content (AvgIpc) is 3.15. The third kappa shape index (κ3) is 4.08. The Morgan fingerprint density at radius 1 is 1.06 bits per heavy atom. The zero-order valence-electron chi connectivity index (χ0n) is 17.7. The number of hydrogen-bond acceptors (Lipinski definition) is 5. The number of aromatic nitrogens is 2. The minimum absolute atomic E-state index is 0.235. The second-order valence-corrected chi connectivity index (χ2v) is 8.85. The number of fused-ring (bicyclic) bond motifs is 1. The summed E-state index contributed by atoms with van der Waals surface area (Å²) in [5.74, 6) is 0.451. The van der Waals surface area contributed by atoms with Crippen molar-refractivity contribution in [1.82, 2.24) is 15.3 Å². The quantitative estimate of drug-likeness (QED) is 0.626. The van der Waals surface area contributed by atoms with Crippen LogP contribution in [0, 0.1) is 0 Å². The molecule has 1 aliphatic heterocycles. The van der Waals surface area contributed by atoms with E-state index in [0.717, 1.165) is 48.4 Å². The van der Waals surface area contributed by atoms with Crippen molar-refractivity contribution in [3.05, 3.63) is 76.6 Å². The molecule has 2 atom stereocenters. The lowest BCUT2D eigenvalue weighted by atomic mass is 10.1. The van der Waals surface area contributed by atoms with Crippen LogP contribution in [0.15, 0.2) is 54.7 Å². The minimum atomic E-state index is -0.730. The highest BCUT2D eigenvalue weighted by molar-refractivity contribution is 6.30. The van der Waals surface area contributed by atoms with Crippen LogP contribution in [0.2, 0.25) is 5.02 Å². The topological polar surface area (TPSA) is 78.3 Å². The first-order valence-corrected chi connectivity index (χ1v) is 11.4. The first-order valence-electron chi connectivity index (χ1n) is 11.0. The molecule has 1 fully saturated rings. The molecule has 1 aliphatic carbocycles. The Kier molecular flexibility index (Phi) is 5.81. The highest BCUT2D eigenvalue weighted by Crippen LogP contribution is 2.32. The Hall–Kier alpha value is -2.96. The van der Waals surface area contributed by atoms with Gasteiger partial charge in [0.1, 0.15) is 11.4 Å². The van der Waals surface area contributed by atoms with Crippen molar-refractivity contribution in [2.24, 2.45) is 0 Å². The van der Waals surface area contributed by atoms with Crippen molar-refractivity contribution >= 4 is 23.3 Å². The number of halogens is 1. The summed E-state index contributed by atoms with van der Waals surface area (Å²) in [7, 11) is 0. The molecule has 0 spiro atoms. The Morgan fingerprint density at radius 2 is 1.81 bits per heavy atom. The molecule has 2 aliphatic rings. The van der Waals surface area contributed by atoms with Crippen LogP contribution in [0.1, 0.15) is 47.0 Å². The van der Waals surface area contributed by atoms with Gasteiger partial charge in [-0.25, -0.2) is 9.97 Å². The maximum atomic E-state index is 13.1. The molecule has 2 heterocycles. The number of nitrogens with zero attached hydrogens (tertiary/aromatic N) is 3. The lowest BCUT2D eigenvalue weighted by molar-refractivity contribution is 0.0853. The van der Waals surface area contributed by atoms with Crippen LogP contribution < -0.4 is 10.2 Å². The third-order valence-electron chi connectivity index (χ3n) is 6.27. The van der Waals surface area contributed by atoms with Crippen LogP contribution in [-0.4, -0.2) is 40.1 Å². The summed E-state index contributed by atoms with van der Waals surface area (Å²) in [5.41, 5.74) is 3.70. The van der Waals surface area contributed by atoms with Gasteiger partial charge in [-0.15, -0.1) is 0 Å². The van der Waals surface area contributed by atoms with E-state index in [9.17, 15) is 9.90 Å². The summed E-state index contributed by atoms with van der Waals surface area (Å²) in [6.45, 7) is 1.85. The van der Waals surface area contributed by atoms with Gasteiger partial charge in [0.2, 0.25) is 0 Å². The molecule has 5 rings (SSSR count). The maximum absolute atomic E-state index is 13.1. The van der Waals surface area contributed by atoms with E-state index in [-0.39, 0.29) is 17.6 Å². The fourth-order valence-electron chi connectivity index (χ4n) is 4.58. The molecule has 0 bridgehead atoms. The van der Waals surface area contributed by atoms with Crippen LogP contribution in [0.25, 0.3) is 11.3 Å². The van der Waals surface area contributed by atoms with Gasteiger partial charge in [-0.1, -0.05) is 48.0 Å². The van der Waals surface area contributed by atoms with Crippen molar-refractivity contribution < 1.29 is 9.90 Å². The Morgan fingerprint density at radius 3 is 2.56 bits per heavy atom. The molecule has 164 valence electrons. The number of nitrogens with one attached hydrogen (secondary N) is 1. The lowest BCUT2D eigenvalue weighted by Gasteiger charge is -2.29. The highest BCUT2D eigenvalue weighted by Gasteiger charge is 2.32. The highest BCUT2D eigenvalue weighted by atomic mass is 35.5. The number of hydrogen-bond donors (Lipinski definition) is 2. The number of carbonyl (C=O) groups excluding carboxylic acids is 1. The van der Waals surface area contributed by atoms with Crippen molar-refractivity contribution in [1.29, 1.82) is 0 Å². The number of piperidine rings is 1. The molecule has 2 N–H and O–H groups in total. The predicted octanol–water partition coefficient (Wildman–Crippen LogP) is 4.18. The van der Waals surface area contributed by atoms with Gasteiger partial charge < -0.3 is 15.3 Å². The minimum Gasteiger partial charge on any atom is -0.386 e. The molecule has 7 heteroatoms. The maximum Gasteiger partial charge on any atom is 0.271 e. The van der Waals surface area contributed by atoms with Gasteiger partial charge in [-0.2, -0.15) is 0 Å². The van der Waals surface area contributed by atoms with Crippen LogP contribution in [0.4, 0.5) is 5.82 Å². The summed E-state index contributed by atoms with van der Waals surface area (Å²) >= 11 is 6.08. The fourth-order valence-corrected chi connectivity index (χ4v) is 4.70. The molecule has 3 aromatic rings. The molecular formula is C25H25ClN4O2. The number of aliphatic hydroxyl groups excluding tert-OH is 1. The molecule has 2 unspecified atom stereocenters. The summed E-state index contributed by atoms with van der Waals surface area (Å²) in [6, 6.07) is 14.8. The monoisotopic (exact) mass is 448 g/mol. The first kappa shape index (κ1) is 20.9. The third-order valence-corrected chi connectivity index (χ3v) is 6.52. The van der Waals surface area contributed by atoms with Gasteiger partial charge in [0.25, 0.3) is 5.91 Å². The van der Waals surface area contributed by atoms with Crippen molar-refractivity contribution in [3.63, 3.8) is 0 Å². The van der Waals surface area contributed by atoms with E-state index in [0.29, 0.717) is 17.1 Å². The van der Waals surface area contributed by atoms with Gasteiger partial charge in [-0.3, -0.25) is 4.79 Å². The molecule has 0 radical (unpaired) electrons. The second-order valence-electron chi connectivity index (χ2n) is 8.41. The number of anilines is 1. The number of carbonyl (C=O) groups is 1. The largest absolute Gasteiger partial charge is 0.386 e. The predicted molar refractivity (Wildman–Crippen MR) is 125 cm³/mol. The molecule has 32 heavy (non-hydrogen) atoms. The van der Waals surface area contributed by atoms with Crippen LogP contribution in [0.3, 0.4) is 0 Å². The van der Waals surface area contributed by atoms with Crippen molar-refractivity contribution in [3.8, 4) is 11.3 Å². The zero-order valence-corrected chi connectivity index (χ0v) is 18.4. The van der Waals surface area contributed by atoms with Crippen LogP contribution in [0.5, 0.6) is 0 Å². The molecule has 2 aromatic carbocycles. The summed E-state index contributed by atoms with van der Waals surface area (Å²) in [4.78, 5) is 24.7. The normalized spacial score (nSPS) is 20.1. The lowest BCUT2D eigenvalue weighted by Crippen LogP contribution is -2.38. The fraction of sp³-hybridized carbons (Fsp3) is 0.320. The van der Waals surface area contributed by atoms with Crippen molar-refractivity contribution in [2.75, 3.05) is 18.0 Å². The van der Waals surface area contributed by atoms with E-state index in [2.05, 4.69) is 15.2 Å². The van der Waals surface area contributed by atoms with Gasteiger partial charge in [0.15, 0.2) is 5.82 Å². The van der Waals surface area contributed by atoms with E-state index in [1.807, 2.05) is 48.5 Å². The second kappa shape index (κ2) is 8.88. The molecule has 0 saturated carbocycles. The van der Waals surface area contributed by atoms with Gasteiger partial charge in [0, 0.05) is 23.7 Å². The van der Waals surface area contributed by atoms with Gasteiger partial charge in [-0.05, 0) is 48.9 Å². The summed E-state index contributed by atoms with van der Waals surface area (Å²) in [5, 5.41) is 14.2. The number of amides is 1. The van der Waals surface area contributed by atoms with E-state index < -0.39 is 6.10 Å². The standard InChI is InChI=1S/C25H25ClN4O2/c26-18-10-8-16(9-11-18)22-24(30-12-4-1-5-13-30)27-15-21(28-22)25(32)29-20-14-17-6-2-3-7-19(17)23(20)31/h2-3,6-11,15,20,23,31H,1,4-5,12-14H2,(H,29,32). The van der Waals surface area contributed by atoms with Crippen LogP contribution >= 0.6 is 11.6 Å². The number of rotatable bonds is 4. The molecule has 1 aromatic heterocycles. The molecule has 1 amide bonds. The summed E-state index contributed by atoms with van der Waals surface area (Å²) in [6.07, 6.45) is 4.84. The van der Waals surface area contributed by atoms with E-state index in [4.69, 9.17) is 16.6 Å². The Bertz CT molecular complexity index is 1130. The van der Waals surface area contributed by atoms with Gasteiger partial charge in [0.05, 0.1) is 18.3 Å². The molecule has 6 nitrogen and oxygen atoms in total. The number of benzene rings is 2. The van der Waals surface area contributed by atoms with Gasteiger partial charge >= 0.3 is 0 Å². The molecular weight excluding hydrogens is 424 g/mol. The molecule has 1 saturated heterocycles. The Labute approximate surface area is 192 Å². The first-order chi connectivity index (χ1) is 15.6. The SMILES string of the molecule is O=C(NC1Cc2ccccc2C1O)c1cnc(N2CCCCC2)c(-c2ccc(Cl)cc2)n1. The van der Waals surface area contributed by atoms with Crippen molar-refractivity contribution in [2.45, 2.75) is 37.8 Å². The van der Waals surface area contributed by atoms with E-state index in [1.54, 1.807) is 0 Å². The van der Waals surface area contributed by atoms with E-state index >= 15 is 0 Å². The van der Waals surface area contributed by atoms with Crippen LogP contribution in [-0.2, 0) is 6.42 Å². The summed E-state index contributed by atoms with van der Waals surface area (Å²) < 4.78 is 0. The average molecular weight is 449 g/mol. The Balaban J connectivity index is 1.43. The van der Waals surface area contributed by atoms with E-state index in [1.165, 1.54) is 12.6 Å². The zero-order chi connectivity index (χ0) is 22.1. The number of aliphatic hydroxyl groups is 1.